The summed E-state index contributed by atoms with van der Waals surface area (Å²) >= 11 is 1.61. The number of hydrogen-bond acceptors (Lipinski definition) is 4. The van der Waals surface area contributed by atoms with E-state index in [0.29, 0.717) is 32.6 Å². The van der Waals surface area contributed by atoms with Crippen molar-refractivity contribution in [1.29, 1.82) is 0 Å². The van der Waals surface area contributed by atoms with E-state index in [1.54, 1.807) is 29.4 Å². The van der Waals surface area contributed by atoms with Crippen LogP contribution in [-0.4, -0.2) is 48.3 Å². The summed E-state index contributed by atoms with van der Waals surface area (Å²) in [4.78, 5) is 14.7. The molecule has 2 heterocycles. The lowest BCUT2D eigenvalue weighted by atomic mass is 9.94. The molecule has 1 saturated heterocycles. The molecule has 4 nitrogen and oxygen atoms in total. The molecule has 0 bridgehead atoms. The Morgan fingerprint density at radius 1 is 1.55 bits per heavy atom. The molecule has 20 heavy (non-hydrogen) atoms. The molecule has 1 aromatic rings. The highest BCUT2D eigenvalue weighted by Gasteiger charge is 2.31. The Balaban J connectivity index is 1.92. The number of amides is 1. The van der Waals surface area contributed by atoms with Crippen LogP contribution in [0.2, 0.25) is 0 Å². The van der Waals surface area contributed by atoms with Gasteiger partial charge in [-0.1, -0.05) is 0 Å². The van der Waals surface area contributed by atoms with E-state index in [4.69, 9.17) is 4.74 Å². The summed E-state index contributed by atoms with van der Waals surface area (Å²) in [6.07, 6.45) is 4.57. The number of carbonyl (C=O) groups is 1. The third-order valence-electron chi connectivity index (χ3n) is 3.61. The number of rotatable bonds is 4. The third-order valence-corrected chi connectivity index (χ3v) is 4.59. The number of aryl methyl sites for hydroxylation is 1. The Morgan fingerprint density at radius 2 is 2.25 bits per heavy atom. The quantitative estimate of drug-likeness (QED) is 0.865. The van der Waals surface area contributed by atoms with Crippen LogP contribution in [0.5, 0.6) is 0 Å². The van der Waals surface area contributed by atoms with Gasteiger partial charge in [0.1, 0.15) is 0 Å². The smallest absolute Gasteiger partial charge is 0.246 e. The summed E-state index contributed by atoms with van der Waals surface area (Å²) in [5.74, 6) is -0.0854. The number of hydrogen-bond donors (Lipinski definition) is 1. The van der Waals surface area contributed by atoms with Gasteiger partial charge in [0, 0.05) is 50.6 Å². The molecule has 1 aromatic heterocycles. The summed E-state index contributed by atoms with van der Waals surface area (Å²) in [6.45, 7) is 3.49. The zero-order chi connectivity index (χ0) is 14.6. The topological polar surface area (TPSA) is 49.8 Å². The third kappa shape index (κ3) is 3.91. The van der Waals surface area contributed by atoms with Gasteiger partial charge in [-0.15, -0.1) is 11.3 Å². The monoisotopic (exact) mass is 295 g/mol. The van der Waals surface area contributed by atoms with Crippen LogP contribution in [-0.2, 0) is 9.53 Å². The zero-order valence-electron chi connectivity index (χ0n) is 12.0. The van der Waals surface area contributed by atoms with Crippen molar-refractivity contribution in [2.45, 2.75) is 25.4 Å². The van der Waals surface area contributed by atoms with Gasteiger partial charge >= 0.3 is 0 Å². The molecule has 1 N–H and O–H groups in total. The molecule has 0 aliphatic carbocycles. The number of aliphatic hydroxyl groups is 1. The molecule has 0 radical (unpaired) electrons. The fourth-order valence-corrected chi connectivity index (χ4v) is 3.08. The van der Waals surface area contributed by atoms with Crippen LogP contribution in [0.15, 0.2) is 17.5 Å². The highest BCUT2D eigenvalue weighted by molar-refractivity contribution is 7.11. The largest absolute Gasteiger partial charge is 0.388 e. The average molecular weight is 295 g/mol. The van der Waals surface area contributed by atoms with E-state index >= 15 is 0 Å². The summed E-state index contributed by atoms with van der Waals surface area (Å²) in [5.41, 5.74) is 0.361. The van der Waals surface area contributed by atoms with Gasteiger partial charge in [-0.2, -0.15) is 0 Å². The fourth-order valence-electron chi connectivity index (χ4n) is 2.26. The van der Waals surface area contributed by atoms with Crippen LogP contribution in [0, 0.1) is 6.92 Å². The van der Waals surface area contributed by atoms with Crippen LogP contribution < -0.4 is 0 Å². The molecule has 1 aliphatic heterocycles. The van der Waals surface area contributed by atoms with E-state index in [2.05, 4.69) is 0 Å². The number of nitrogens with zero attached hydrogens (tertiary/aromatic N) is 1. The van der Waals surface area contributed by atoms with Crippen molar-refractivity contribution in [2.75, 3.05) is 26.8 Å². The maximum Gasteiger partial charge on any atom is 0.246 e. The van der Waals surface area contributed by atoms with E-state index < -0.39 is 5.60 Å². The second kappa shape index (κ2) is 6.52. The molecule has 1 amide bonds. The van der Waals surface area contributed by atoms with Gasteiger partial charge in [0.25, 0.3) is 0 Å². The van der Waals surface area contributed by atoms with Gasteiger partial charge < -0.3 is 14.7 Å². The summed E-state index contributed by atoms with van der Waals surface area (Å²) in [5, 5.41) is 12.4. The first-order valence-corrected chi connectivity index (χ1v) is 7.65. The minimum atomic E-state index is -0.810. The van der Waals surface area contributed by atoms with Gasteiger partial charge in [-0.05, 0) is 30.0 Å². The Hall–Kier alpha value is -1.17. The fraction of sp³-hybridized carbons (Fsp3) is 0.533. The second-order valence-electron chi connectivity index (χ2n) is 5.33. The number of likely N-dealkylation sites (N-methyl/N-ethyl adjacent to an activating group) is 1. The molecule has 0 saturated carbocycles. The van der Waals surface area contributed by atoms with Crippen LogP contribution in [0.25, 0.3) is 6.08 Å². The maximum absolute atomic E-state index is 12.1. The van der Waals surface area contributed by atoms with Gasteiger partial charge in [-0.25, -0.2) is 0 Å². The minimum Gasteiger partial charge on any atom is -0.388 e. The predicted molar refractivity (Wildman–Crippen MR) is 80.7 cm³/mol. The first-order chi connectivity index (χ1) is 9.50. The van der Waals surface area contributed by atoms with Crippen molar-refractivity contribution in [1.82, 2.24) is 4.90 Å². The molecule has 0 spiro atoms. The molecule has 0 aromatic carbocycles. The van der Waals surface area contributed by atoms with Crippen molar-refractivity contribution < 1.29 is 14.6 Å². The highest BCUT2D eigenvalue weighted by atomic mass is 32.1. The molecule has 2 rings (SSSR count). The van der Waals surface area contributed by atoms with E-state index in [-0.39, 0.29) is 5.91 Å². The number of carbonyl (C=O) groups excluding carboxylic acids is 1. The lowest BCUT2D eigenvalue weighted by Gasteiger charge is -2.35. The molecule has 1 fully saturated rings. The van der Waals surface area contributed by atoms with Crippen molar-refractivity contribution in [3.05, 3.63) is 28.0 Å². The van der Waals surface area contributed by atoms with Gasteiger partial charge in [0.2, 0.25) is 5.91 Å². The number of thiophene rings is 1. The van der Waals surface area contributed by atoms with E-state index in [0.717, 1.165) is 4.88 Å². The summed E-state index contributed by atoms with van der Waals surface area (Å²) < 4.78 is 5.24. The molecule has 110 valence electrons. The van der Waals surface area contributed by atoms with Crippen LogP contribution >= 0.6 is 11.3 Å². The zero-order valence-corrected chi connectivity index (χ0v) is 12.8. The molecule has 0 atom stereocenters. The second-order valence-corrected chi connectivity index (χ2v) is 6.28. The first-order valence-electron chi connectivity index (χ1n) is 6.78. The SMILES string of the molecule is Cc1ccsc1/C=C/C(=O)N(C)CC1(O)CCOCC1. The van der Waals surface area contributed by atoms with Crippen molar-refractivity contribution in [3.8, 4) is 0 Å². The Morgan fingerprint density at radius 3 is 2.85 bits per heavy atom. The lowest BCUT2D eigenvalue weighted by molar-refractivity contribution is -0.131. The minimum absolute atomic E-state index is 0.0854. The van der Waals surface area contributed by atoms with Gasteiger partial charge in [0.05, 0.1) is 5.60 Å². The van der Waals surface area contributed by atoms with E-state index in [9.17, 15) is 9.90 Å². The molecular weight excluding hydrogens is 274 g/mol. The predicted octanol–water partition coefficient (Wildman–Crippen LogP) is 2.07. The van der Waals surface area contributed by atoms with Crippen molar-refractivity contribution >= 4 is 23.3 Å². The van der Waals surface area contributed by atoms with Crippen LogP contribution in [0.3, 0.4) is 0 Å². The van der Waals surface area contributed by atoms with Crippen LogP contribution in [0.4, 0.5) is 0 Å². The standard InChI is InChI=1S/C15H21NO3S/c1-12-5-10-20-13(12)3-4-14(17)16(2)11-15(18)6-8-19-9-7-15/h3-5,10,18H,6-9,11H2,1-2H3/b4-3+. The Kier molecular flexibility index (Phi) is 4.96. The maximum atomic E-state index is 12.1. The number of ether oxygens (including phenoxy) is 1. The van der Waals surface area contributed by atoms with Gasteiger partial charge in [0.15, 0.2) is 0 Å². The van der Waals surface area contributed by atoms with Crippen LogP contribution in [0.1, 0.15) is 23.3 Å². The highest BCUT2D eigenvalue weighted by Crippen LogP contribution is 2.21. The van der Waals surface area contributed by atoms with Gasteiger partial charge in [-0.3, -0.25) is 4.79 Å². The van der Waals surface area contributed by atoms with E-state index in [1.807, 2.05) is 24.4 Å². The average Bonchev–Trinajstić information content (AvgIpc) is 2.81. The lowest BCUT2D eigenvalue weighted by Crippen LogP contribution is -2.47. The summed E-state index contributed by atoms with van der Waals surface area (Å²) in [6, 6.07) is 2.03. The molecule has 5 heteroatoms. The normalized spacial score (nSPS) is 18.4. The molecule has 1 aliphatic rings. The summed E-state index contributed by atoms with van der Waals surface area (Å²) in [7, 11) is 1.72. The van der Waals surface area contributed by atoms with Crippen molar-refractivity contribution in [2.24, 2.45) is 0 Å². The molecule has 0 unspecified atom stereocenters. The van der Waals surface area contributed by atoms with Crippen molar-refractivity contribution in [3.63, 3.8) is 0 Å². The van der Waals surface area contributed by atoms with E-state index in [1.165, 1.54) is 5.56 Å². The first kappa shape index (κ1) is 15.2. The Bertz CT molecular complexity index is 489. The molecular formula is C15H21NO3S. The Labute approximate surface area is 123 Å².